The van der Waals surface area contributed by atoms with Crippen molar-refractivity contribution in [1.29, 1.82) is 0 Å². The van der Waals surface area contributed by atoms with Crippen molar-refractivity contribution in [1.82, 2.24) is 5.32 Å². The molecule has 6 atom stereocenters. The number of ether oxygens (including phenoxy) is 5. The third-order valence-corrected chi connectivity index (χ3v) is 6.56. The molecule has 0 bridgehead atoms. The molecule has 1 fully saturated rings. The molecule has 220 valence electrons. The summed E-state index contributed by atoms with van der Waals surface area (Å²) >= 11 is 0. The lowest BCUT2D eigenvalue weighted by molar-refractivity contribution is -0.307. The zero-order valence-electron chi connectivity index (χ0n) is 22.7. The molecule has 1 heterocycles. The van der Waals surface area contributed by atoms with Gasteiger partial charge in [-0.3, -0.25) is 4.79 Å². The highest BCUT2D eigenvalue weighted by Gasteiger charge is 2.55. The van der Waals surface area contributed by atoms with Crippen LogP contribution in [0.15, 0.2) is 30.3 Å². The third-order valence-electron chi connectivity index (χ3n) is 6.56. The zero-order chi connectivity index (χ0) is 28.8. The number of esters is 2. The molecule has 0 aromatic heterocycles. The number of amides is 1. The van der Waals surface area contributed by atoms with Crippen LogP contribution in [0, 0.1) is 5.92 Å². The highest BCUT2D eigenvalue weighted by molar-refractivity contribution is 5.78. The van der Waals surface area contributed by atoms with Gasteiger partial charge >= 0.3 is 18.0 Å². The van der Waals surface area contributed by atoms with Crippen molar-refractivity contribution in [2.45, 2.75) is 82.7 Å². The number of benzene rings is 1. The van der Waals surface area contributed by atoms with Gasteiger partial charge in [-0.1, -0.05) is 43.7 Å². The third kappa shape index (κ3) is 9.73. The molecule has 1 aliphatic heterocycles. The van der Waals surface area contributed by atoms with Crippen LogP contribution in [-0.4, -0.2) is 90.4 Å². The van der Waals surface area contributed by atoms with Crippen molar-refractivity contribution in [3.63, 3.8) is 0 Å². The molecule has 2 rings (SSSR count). The fourth-order valence-electron chi connectivity index (χ4n) is 4.34. The van der Waals surface area contributed by atoms with E-state index in [9.17, 15) is 29.7 Å². The van der Waals surface area contributed by atoms with Crippen LogP contribution in [0.4, 0.5) is 4.79 Å². The van der Waals surface area contributed by atoms with E-state index in [2.05, 4.69) is 5.32 Å². The summed E-state index contributed by atoms with van der Waals surface area (Å²) in [5, 5.41) is 32.9. The SMILES string of the molecule is CCOC(=O)CCCCCO[C@]1(C(=O)OC)C[C@@H](NC(=O)OCc2ccccc2)[C@@H](C)C([C@H](O)[C@H](O)CO)O1. The van der Waals surface area contributed by atoms with Gasteiger partial charge in [0.2, 0.25) is 0 Å². The quantitative estimate of drug-likeness (QED) is 0.140. The van der Waals surface area contributed by atoms with E-state index >= 15 is 0 Å². The number of nitrogens with one attached hydrogen (secondary N) is 1. The Morgan fingerprint density at radius 1 is 1.13 bits per heavy atom. The summed E-state index contributed by atoms with van der Waals surface area (Å²) in [5.41, 5.74) is 0.780. The molecule has 4 N–H and O–H groups in total. The standard InChI is InChI=1S/C27H41NO11/c1-4-36-22(31)13-9-6-10-14-38-27(25(33)35-3)15-20(18(2)24(39-27)23(32)21(30)16-29)28-26(34)37-17-19-11-7-5-8-12-19/h5,7-8,11-12,18,20-21,23-24,29-30,32H,4,6,9-10,13-17H2,1-3H3,(H,28,34)/t18-,20-,21-,23-,24?,27-/m1/s1. The molecule has 1 saturated heterocycles. The molecule has 1 aromatic rings. The molecular formula is C27H41NO11. The second-order valence-electron chi connectivity index (χ2n) is 9.41. The topological polar surface area (TPSA) is 170 Å². The summed E-state index contributed by atoms with van der Waals surface area (Å²) in [4.78, 5) is 37.1. The summed E-state index contributed by atoms with van der Waals surface area (Å²) in [6, 6.07) is 8.27. The maximum absolute atomic E-state index is 13.0. The first-order valence-electron chi connectivity index (χ1n) is 13.2. The van der Waals surface area contributed by atoms with Gasteiger partial charge in [-0.2, -0.15) is 0 Å². The molecule has 1 unspecified atom stereocenters. The monoisotopic (exact) mass is 555 g/mol. The average Bonchev–Trinajstić information content (AvgIpc) is 2.94. The Morgan fingerprint density at radius 2 is 1.85 bits per heavy atom. The van der Waals surface area contributed by atoms with E-state index in [0.29, 0.717) is 25.9 Å². The molecule has 39 heavy (non-hydrogen) atoms. The number of hydrogen-bond donors (Lipinski definition) is 4. The molecule has 1 aliphatic rings. The fourth-order valence-corrected chi connectivity index (χ4v) is 4.34. The minimum Gasteiger partial charge on any atom is -0.466 e. The second kappa shape index (κ2) is 16.4. The van der Waals surface area contributed by atoms with Gasteiger partial charge in [-0.15, -0.1) is 0 Å². The summed E-state index contributed by atoms with van der Waals surface area (Å²) in [6.07, 6.45) is -3.42. The van der Waals surface area contributed by atoms with Crippen LogP contribution in [0.1, 0.15) is 51.5 Å². The lowest BCUT2D eigenvalue weighted by atomic mass is 9.83. The maximum Gasteiger partial charge on any atom is 0.407 e. The van der Waals surface area contributed by atoms with Crippen LogP contribution in [0.3, 0.4) is 0 Å². The average molecular weight is 556 g/mol. The van der Waals surface area contributed by atoms with Crippen LogP contribution in [0.25, 0.3) is 0 Å². The number of carbonyl (C=O) groups excluding carboxylic acids is 3. The molecular weight excluding hydrogens is 514 g/mol. The van der Waals surface area contributed by atoms with Gasteiger partial charge in [-0.05, 0) is 25.3 Å². The minimum atomic E-state index is -2.01. The van der Waals surface area contributed by atoms with Gasteiger partial charge in [0.1, 0.15) is 18.8 Å². The number of unbranched alkanes of at least 4 members (excludes halogenated alkanes) is 2. The summed E-state index contributed by atoms with van der Waals surface area (Å²) in [5.74, 6) is -3.82. The molecule has 0 saturated carbocycles. The number of rotatable bonds is 15. The number of aliphatic hydroxyl groups is 3. The Kier molecular flexibility index (Phi) is 13.6. The summed E-state index contributed by atoms with van der Waals surface area (Å²) < 4.78 is 27.0. The van der Waals surface area contributed by atoms with Gasteiger partial charge in [0.25, 0.3) is 5.79 Å². The van der Waals surface area contributed by atoms with E-state index in [1.807, 2.05) is 18.2 Å². The first-order chi connectivity index (χ1) is 18.7. The Morgan fingerprint density at radius 3 is 2.49 bits per heavy atom. The maximum atomic E-state index is 13.0. The molecule has 0 aliphatic carbocycles. The number of alkyl carbamates (subject to hydrolysis) is 1. The van der Waals surface area contributed by atoms with Crippen LogP contribution in [-0.2, 0) is 39.9 Å². The minimum absolute atomic E-state index is 0.0179. The van der Waals surface area contributed by atoms with E-state index in [-0.39, 0.29) is 32.0 Å². The summed E-state index contributed by atoms with van der Waals surface area (Å²) in [7, 11) is 1.15. The molecule has 12 nitrogen and oxygen atoms in total. The Hall–Kier alpha value is -2.77. The van der Waals surface area contributed by atoms with Crippen molar-refractivity contribution in [2.75, 3.05) is 26.9 Å². The first kappa shape index (κ1) is 32.4. The van der Waals surface area contributed by atoms with Crippen LogP contribution < -0.4 is 5.32 Å². The fraction of sp³-hybridized carbons (Fsp3) is 0.667. The Bertz CT molecular complexity index is 899. The van der Waals surface area contributed by atoms with Crippen molar-refractivity contribution in [2.24, 2.45) is 5.92 Å². The van der Waals surface area contributed by atoms with E-state index in [1.165, 1.54) is 0 Å². The van der Waals surface area contributed by atoms with Gasteiger partial charge in [0.15, 0.2) is 0 Å². The van der Waals surface area contributed by atoms with E-state index in [1.54, 1.807) is 26.0 Å². The highest BCUT2D eigenvalue weighted by Crippen LogP contribution is 2.37. The summed E-state index contributed by atoms with van der Waals surface area (Å²) in [6.45, 7) is 3.02. The molecule has 12 heteroatoms. The van der Waals surface area contributed by atoms with Crippen LogP contribution in [0.5, 0.6) is 0 Å². The van der Waals surface area contributed by atoms with E-state index < -0.39 is 54.7 Å². The number of methoxy groups -OCH3 is 1. The Balaban J connectivity index is 2.14. The largest absolute Gasteiger partial charge is 0.466 e. The van der Waals surface area contributed by atoms with Crippen molar-refractivity contribution in [3.05, 3.63) is 35.9 Å². The van der Waals surface area contributed by atoms with Crippen LogP contribution >= 0.6 is 0 Å². The zero-order valence-corrected chi connectivity index (χ0v) is 22.7. The normalized spacial score (nSPS) is 24.3. The predicted octanol–water partition coefficient (Wildman–Crippen LogP) is 1.43. The van der Waals surface area contributed by atoms with Gasteiger partial charge in [-0.25, -0.2) is 9.59 Å². The van der Waals surface area contributed by atoms with E-state index in [4.69, 9.17) is 23.7 Å². The first-order valence-corrected chi connectivity index (χ1v) is 13.2. The Labute approximate surface area is 228 Å². The predicted molar refractivity (Wildman–Crippen MR) is 137 cm³/mol. The highest BCUT2D eigenvalue weighted by atomic mass is 16.7. The second-order valence-corrected chi connectivity index (χ2v) is 9.41. The number of aliphatic hydroxyl groups excluding tert-OH is 3. The van der Waals surface area contributed by atoms with Gasteiger partial charge in [0.05, 0.1) is 33.0 Å². The molecule has 1 aromatic carbocycles. The van der Waals surface area contributed by atoms with Gasteiger partial charge < -0.3 is 44.3 Å². The van der Waals surface area contributed by atoms with E-state index in [0.717, 1.165) is 12.7 Å². The molecule has 0 radical (unpaired) electrons. The van der Waals surface area contributed by atoms with Crippen molar-refractivity contribution in [3.8, 4) is 0 Å². The van der Waals surface area contributed by atoms with Crippen LogP contribution in [0.2, 0.25) is 0 Å². The lowest BCUT2D eigenvalue weighted by Crippen LogP contribution is -2.64. The number of carbonyl (C=O) groups is 3. The molecule has 0 spiro atoms. The lowest BCUT2D eigenvalue weighted by Gasteiger charge is -2.47. The molecule has 1 amide bonds. The van der Waals surface area contributed by atoms with Crippen molar-refractivity contribution < 1.29 is 53.4 Å². The number of hydrogen-bond acceptors (Lipinski definition) is 11. The smallest absolute Gasteiger partial charge is 0.407 e. The van der Waals surface area contributed by atoms with Crippen molar-refractivity contribution >= 4 is 18.0 Å². The van der Waals surface area contributed by atoms with Gasteiger partial charge in [0, 0.05) is 24.8 Å².